The number of hydrogen-bond donors (Lipinski definition) is 1. The summed E-state index contributed by atoms with van der Waals surface area (Å²) < 4.78 is 6.07. The van der Waals surface area contributed by atoms with Crippen LogP contribution >= 0.6 is 0 Å². The third-order valence-corrected chi connectivity index (χ3v) is 5.61. The highest BCUT2D eigenvalue weighted by atomic mass is 16.5. The molecule has 1 unspecified atom stereocenters. The van der Waals surface area contributed by atoms with Crippen molar-refractivity contribution in [3.05, 3.63) is 0 Å². The van der Waals surface area contributed by atoms with Crippen molar-refractivity contribution in [1.82, 2.24) is 0 Å². The molecule has 2 saturated carbocycles. The maximum atomic E-state index is 9.03. The van der Waals surface area contributed by atoms with Crippen LogP contribution in [0.3, 0.4) is 0 Å². The molecule has 16 heavy (non-hydrogen) atoms. The third kappa shape index (κ3) is 1.62. The van der Waals surface area contributed by atoms with Gasteiger partial charge in [0.25, 0.3) is 0 Å². The Labute approximate surface area is 99.4 Å². The van der Waals surface area contributed by atoms with E-state index in [0.29, 0.717) is 23.5 Å². The molecule has 0 aromatic rings. The van der Waals surface area contributed by atoms with Crippen molar-refractivity contribution < 1.29 is 9.84 Å². The predicted molar refractivity (Wildman–Crippen MR) is 65.2 cm³/mol. The van der Waals surface area contributed by atoms with Crippen LogP contribution in [0.4, 0.5) is 0 Å². The second-order valence-corrected chi connectivity index (χ2v) is 6.72. The Kier molecular flexibility index (Phi) is 3.09. The summed E-state index contributed by atoms with van der Waals surface area (Å²) >= 11 is 0. The molecule has 94 valence electrons. The van der Waals surface area contributed by atoms with Crippen molar-refractivity contribution in [2.75, 3.05) is 13.2 Å². The van der Waals surface area contributed by atoms with E-state index in [-0.39, 0.29) is 12.5 Å². The zero-order chi connectivity index (χ0) is 12.0. The van der Waals surface area contributed by atoms with E-state index in [1.54, 1.807) is 0 Å². The first-order chi connectivity index (χ1) is 7.41. The molecular formula is C14H26O2. The van der Waals surface area contributed by atoms with Crippen LogP contribution in [0, 0.1) is 22.7 Å². The lowest BCUT2D eigenvalue weighted by Gasteiger charge is -2.39. The van der Waals surface area contributed by atoms with Crippen LogP contribution in [0.5, 0.6) is 0 Å². The molecule has 0 aromatic carbocycles. The number of aliphatic hydroxyl groups is 1. The largest absolute Gasteiger partial charge is 0.396 e. The number of aliphatic hydroxyl groups excluding tert-OH is 1. The van der Waals surface area contributed by atoms with Crippen LogP contribution in [-0.2, 0) is 4.74 Å². The van der Waals surface area contributed by atoms with Crippen molar-refractivity contribution in [2.45, 2.75) is 53.1 Å². The first-order valence-electron chi connectivity index (χ1n) is 6.64. The molecule has 2 fully saturated rings. The quantitative estimate of drug-likeness (QED) is 0.798. The third-order valence-electron chi connectivity index (χ3n) is 5.61. The molecular weight excluding hydrogens is 200 g/mol. The summed E-state index contributed by atoms with van der Waals surface area (Å²) in [6.07, 6.45) is 4.32. The summed E-state index contributed by atoms with van der Waals surface area (Å²) in [5, 5.41) is 9.03. The van der Waals surface area contributed by atoms with E-state index in [0.717, 1.165) is 5.92 Å². The van der Waals surface area contributed by atoms with Gasteiger partial charge in [-0.1, -0.05) is 27.7 Å². The van der Waals surface area contributed by atoms with E-state index in [1.165, 1.54) is 19.3 Å². The minimum Gasteiger partial charge on any atom is -0.396 e. The summed E-state index contributed by atoms with van der Waals surface area (Å²) in [5.41, 5.74) is 0.785. The van der Waals surface area contributed by atoms with Crippen LogP contribution in [0.15, 0.2) is 0 Å². The zero-order valence-electron chi connectivity index (χ0n) is 11.1. The fourth-order valence-electron chi connectivity index (χ4n) is 3.72. The highest BCUT2D eigenvalue weighted by Crippen LogP contribution is 2.66. The van der Waals surface area contributed by atoms with Crippen LogP contribution in [0.25, 0.3) is 0 Å². The summed E-state index contributed by atoms with van der Waals surface area (Å²) in [7, 11) is 0. The second-order valence-electron chi connectivity index (χ2n) is 6.72. The van der Waals surface area contributed by atoms with Gasteiger partial charge in [0, 0.05) is 12.5 Å². The molecule has 2 nitrogen and oxygen atoms in total. The highest BCUT2D eigenvalue weighted by Gasteiger charge is 2.61. The molecule has 0 aliphatic heterocycles. The van der Waals surface area contributed by atoms with Crippen molar-refractivity contribution in [1.29, 1.82) is 0 Å². The van der Waals surface area contributed by atoms with Gasteiger partial charge in [-0.25, -0.2) is 0 Å². The molecule has 2 heteroatoms. The average molecular weight is 226 g/mol. The monoisotopic (exact) mass is 226 g/mol. The molecule has 0 saturated heterocycles. The Balaban J connectivity index is 1.99. The Bertz CT molecular complexity index is 261. The lowest BCUT2D eigenvalue weighted by atomic mass is 9.70. The van der Waals surface area contributed by atoms with Crippen LogP contribution in [-0.4, -0.2) is 24.4 Å². The van der Waals surface area contributed by atoms with Crippen LogP contribution in [0.2, 0.25) is 0 Å². The van der Waals surface area contributed by atoms with Crippen molar-refractivity contribution >= 4 is 0 Å². The number of hydrogen-bond acceptors (Lipinski definition) is 2. The molecule has 2 rings (SSSR count). The second kappa shape index (κ2) is 3.99. The molecule has 0 spiro atoms. The minimum absolute atomic E-state index is 0.232. The van der Waals surface area contributed by atoms with E-state index >= 15 is 0 Å². The topological polar surface area (TPSA) is 29.5 Å². The van der Waals surface area contributed by atoms with E-state index in [9.17, 15) is 0 Å². The van der Waals surface area contributed by atoms with Gasteiger partial charge in [0.15, 0.2) is 0 Å². The molecule has 1 N–H and O–H groups in total. The van der Waals surface area contributed by atoms with Gasteiger partial charge >= 0.3 is 0 Å². The Morgan fingerprint density at radius 2 is 2.06 bits per heavy atom. The smallest absolute Gasteiger partial charge is 0.0636 e. The summed E-state index contributed by atoms with van der Waals surface area (Å²) in [6.45, 7) is 10.2. The number of rotatable bonds is 4. The van der Waals surface area contributed by atoms with Crippen LogP contribution < -0.4 is 0 Å². The Morgan fingerprint density at radius 3 is 2.50 bits per heavy atom. The van der Waals surface area contributed by atoms with Crippen molar-refractivity contribution in [3.63, 3.8) is 0 Å². The molecule has 0 amide bonds. The maximum Gasteiger partial charge on any atom is 0.0636 e. The minimum atomic E-state index is 0.232. The Hall–Kier alpha value is -0.0800. The summed E-state index contributed by atoms with van der Waals surface area (Å²) in [4.78, 5) is 0. The zero-order valence-corrected chi connectivity index (χ0v) is 11.1. The fourth-order valence-corrected chi connectivity index (χ4v) is 3.72. The van der Waals surface area contributed by atoms with Gasteiger partial charge in [0.2, 0.25) is 0 Å². The van der Waals surface area contributed by atoms with Gasteiger partial charge in [-0.3, -0.25) is 0 Å². The van der Waals surface area contributed by atoms with Crippen LogP contribution in [0.1, 0.15) is 47.0 Å². The standard InChI is InChI=1S/C14H26O2/c1-10(8-15)9-16-12-7-11-5-6-14(12,4)13(11,2)3/h10-12,15H,5-9H2,1-4H3/t10?,11-,12+,14+/m0/s1. The van der Waals surface area contributed by atoms with E-state index in [2.05, 4.69) is 20.8 Å². The highest BCUT2D eigenvalue weighted by molar-refractivity contribution is 5.11. The summed E-state index contributed by atoms with van der Waals surface area (Å²) in [6, 6.07) is 0. The van der Waals surface area contributed by atoms with Crippen molar-refractivity contribution in [2.24, 2.45) is 22.7 Å². The number of ether oxygens (including phenoxy) is 1. The predicted octanol–water partition coefficient (Wildman–Crippen LogP) is 2.85. The molecule has 2 aliphatic carbocycles. The Morgan fingerprint density at radius 1 is 1.38 bits per heavy atom. The molecule has 0 aromatic heterocycles. The van der Waals surface area contributed by atoms with Gasteiger partial charge in [-0.05, 0) is 36.0 Å². The lowest BCUT2D eigenvalue weighted by Crippen LogP contribution is -2.38. The molecule has 2 bridgehead atoms. The van der Waals surface area contributed by atoms with Gasteiger partial charge in [-0.15, -0.1) is 0 Å². The molecule has 0 radical (unpaired) electrons. The van der Waals surface area contributed by atoms with E-state index in [1.807, 2.05) is 6.92 Å². The van der Waals surface area contributed by atoms with Gasteiger partial charge < -0.3 is 9.84 Å². The average Bonchev–Trinajstić information content (AvgIpc) is 2.58. The lowest BCUT2D eigenvalue weighted by molar-refractivity contribution is -0.0614. The van der Waals surface area contributed by atoms with E-state index in [4.69, 9.17) is 9.84 Å². The molecule has 4 atom stereocenters. The normalized spacial score (nSPS) is 42.6. The van der Waals surface area contributed by atoms with Gasteiger partial charge in [-0.2, -0.15) is 0 Å². The molecule has 2 aliphatic rings. The van der Waals surface area contributed by atoms with E-state index < -0.39 is 0 Å². The number of fused-ring (bicyclic) bond motifs is 2. The summed E-state index contributed by atoms with van der Waals surface area (Å²) in [5.74, 6) is 1.11. The SMILES string of the molecule is CC(CO)CO[C@@H]1C[C@@H]2CC[C@@]1(C)C2(C)C. The first-order valence-corrected chi connectivity index (χ1v) is 6.64. The maximum absolute atomic E-state index is 9.03. The fraction of sp³-hybridized carbons (Fsp3) is 1.00. The van der Waals surface area contributed by atoms with Gasteiger partial charge in [0.1, 0.15) is 0 Å². The first kappa shape index (κ1) is 12.4. The van der Waals surface area contributed by atoms with Gasteiger partial charge in [0.05, 0.1) is 12.7 Å². The molecule has 0 heterocycles. The van der Waals surface area contributed by atoms with Crippen molar-refractivity contribution in [3.8, 4) is 0 Å².